The quantitative estimate of drug-likeness (QED) is 0.655. The van der Waals surface area contributed by atoms with Crippen LogP contribution in [0.2, 0.25) is 0 Å². The molecule has 14 heavy (non-hydrogen) atoms. The van der Waals surface area contributed by atoms with Crippen molar-refractivity contribution >= 4 is 10.2 Å². The Morgan fingerprint density at radius 2 is 1.71 bits per heavy atom. The van der Waals surface area contributed by atoms with Crippen LogP contribution in [0.25, 0.3) is 0 Å². The molecule has 1 aliphatic carbocycles. The van der Waals surface area contributed by atoms with E-state index in [1.165, 1.54) is 0 Å². The van der Waals surface area contributed by atoms with Gasteiger partial charge in [-0.15, -0.1) is 0 Å². The van der Waals surface area contributed by atoms with Crippen molar-refractivity contribution in [2.45, 2.75) is 44.1 Å². The van der Waals surface area contributed by atoms with Gasteiger partial charge in [-0.05, 0) is 12.8 Å². The molecule has 0 radical (unpaired) electrons. The standard InChI is InChI=1S/C8H15N3O2S/c9-7-8(11-14(10,12)13)5-3-1-2-4-6-8/h11H,1-6H2,(H2,10,12,13). The lowest BCUT2D eigenvalue weighted by Crippen LogP contribution is -2.49. The van der Waals surface area contributed by atoms with Gasteiger partial charge in [0.05, 0.1) is 6.07 Å². The lowest BCUT2D eigenvalue weighted by molar-refractivity contribution is 0.422. The molecule has 1 rings (SSSR count). The van der Waals surface area contributed by atoms with Gasteiger partial charge in [-0.3, -0.25) is 0 Å². The Morgan fingerprint density at radius 3 is 2.07 bits per heavy atom. The zero-order chi connectivity index (χ0) is 10.7. The lowest BCUT2D eigenvalue weighted by Gasteiger charge is -2.24. The van der Waals surface area contributed by atoms with Crippen molar-refractivity contribution < 1.29 is 8.42 Å². The van der Waals surface area contributed by atoms with E-state index in [1.807, 2.05) is 6.07 Å². The molecule has 0 spiro atoms. The van der Waals surface area contributed by atoms with E-state index in [1.54, 1.807) is 0 Å². The average Bonchev–Trinajstić information content (AvgIpc) is 2.28. The zero-order valence-corrected chi connectivity index (χ0v) is 8.81. The summed E-state index contributed by atoms with van der Waals surface area (Å²) in [5.41, 5.74) is -0.968. The second kappa shape index (κ2) is 4.26. The van der Waals surface area contributed by atoms with E-state index in [0.29, 0.717) is 12.8 Å². The third kappa shape index (κ3) is 3.25. The Hall–Kier alpha value is -0.640. The summed E-state index contributed by atoms with van der Waals surface area (Å²) in [5, 5.41) is 13.9. The summed E-state index contributed by atoms with van der Waals surface area (Å²) in [6, 6.07) is 2.04. The molecule has 0 bridgehead atoms. The molecule has 0 unspecified atom stereocenters. The molecule has 1 aliphatic rings. The van der Waals surface area contributed by atoms with Gasteiger partial charge in [0.15, 0.2) is 0 Å². The Labute approximate surface area is 84.5 Å². The van der Waals surface area contributed by atoms with E-state index in [0.717, 1.165) is 25.7 Å². The highest BCUT2D eigenvalue weighted by Crippen LogP contribution is 2.26. The van der Waals surface area contributed by atoms with Crippen molar-refractivity contribution in [2.75, 3.05) is 0 Å². The summed E-state index contributed by atoms with van der Waals surface area (Å²) >= 11 is 0. The zero-order valence-electron chi connectivity index (χ0n) is 7.99. The summed E-state index contributed by atoms with van der Waals surface area (Å²) in [6.45, 7) is 0. The number of nitrogens with one attached hydrogen (secondary N) is 1. The molecule has 1 saturated carbocycles. The predicted molar refractivity (Wildman–Crippen MR) is 52.3 cm³/mol. The fourth-order valence-electron chi connectivity index (χ4n) is 1.84. The molecular weight excluding hydrogens is 202 g/mol. The molecule has 0 saturated heterocycles. The van der Waals surface area contributed by atoms with Crippen LogP contribution in [-0.4, -0.2) is 14.0 Å². The fourth-order valence-corrected chi connectivity index (χ4v) is 2.64. The number of hydrogen-bond donors (Lipinski definition) is 2. The molecule has 3 N–H and O–H groups in total. The summed E-state index contributed by atoms with van der Waals surface area (Å²) in [6.07, 6.45) is 4.96. The van der Waals surface area contributed by atoms with Crippen LogP contribution < -0.4 is 9.86 Å². The Balaban J connectivity index is 2.79. The maximum absolute atomic E-state index is 10.9. The first kappa shape index (κ1) is 11.4. The normalized spacial score (nSPS) is 22.3. The molecule has 0 heterocycles. The largest absolute Gasteiger partial charge is 0.275 e. The van der Waals surface area contributed by atoms with Crippen molar-refractivity contribution in [3.63, 3.8) is 0 Å². The molecule has 0 aromatic rings. The van der Waals surface area contributed by atoms with E-state index in [2.05, 4.69) is 4.72 Å². The third-order valence-corrected chi connectivity index (χ3v) is 3.18. The fraction of sp³-hybridized carbons (Fsp3) is 0.875. The van der Waals surface area contributed by atoms with Crippen LogP contribution in [0.1, 0.15) is 38.5 Å². The van der Waals surface area contributed by atoms with Crippen molar-refractivity contribution in [3.8, 4) is 6.07 Å². The summed E-state index contributed by atoms with van der Waals surface area (Å²) in [5.74, 6) is 0. The van der Waals surface area contributed by atoms with Gasteiger partial charge in [0.2, 0.25) is 0 Å². The van der Waals surface area contributed by atoms with Gasteiger partial charge in [-0.25, -0.2) is 5.14 Å². The number of hydrogen-bond acceptors (Lipinski definition) is 3. The minimum absolute atomic E-state index is 0.555. The number of nitrogens with zero attached hydrogens (tertiary/aromatic N) is 1. The number of nitriles is 1. The first-order chi connectivity index (χ1) is 6.47. The van der Waals surface area contributed by atoms with Crippen molar-refractivity contribution in [2.24, 2.45) is 5.14 Å². The molecule has 0 aromatic heterocycles. The van der Waals surface area contributed by atoms with Gasteiger partial charge < -0.3 is 0 Å². The Bertz CT molecular complexity index is 323. The van der Waals surface area contributed by atoms with E-state index < -0.39 is 15.7 Å². The smallest absolute Gasteiger partial charge is 0.216 e. The highest BCUT2D eigenvalue weighted by Gasteiger charge is 2.33. The summed E-state index contributed by atoms with van der Waals surface area (Å²) in [4.78, 5) is 0. The van der Waals surface area contributed by atoms with Gasteiger partial charge in [-0.2, -0.15) is 18.4 Å². The predicted octanol–water partition coefficient (Wildman–Crippen LogP) is 0.396. The van der Waals surface area contributed by atoms with E-state index in [9.17, 15) is 8.42 Å². The first-order valence-corrected chi connectivity index (χ1v) is 6.25. The molecule has 80 valence electrons. The van der Waals surface area contributed by atoms with E-state index >= 15 is 0 Å². The summed E-state index contributed by atoms with van der Waals surface area (Å²) < 4.78 is 24.0. The van der Waals surface area contributed by atoms with Crippen LogP contribution in [-0.2, 0) is 10.2 Å². The topological polar surface area (TPSA) is 96.0 Å². The van der Waals surface area contributed by atoms with Gasteiger partial charge >= 0.3 is 0 Å². The second-order valence-electron chi connectivity index (χ2n) is 3.76. The van der Waals surface area contributed by atoms with Gasteiger partial charge in [0, 0.05) is 0 Å². The number of rotatable bonds is 2. The maximum atomic E-state index is 10.9. The molecule has 6 heteroatoms. The van der Waals surface area contributed by atoms with E-state index in [-0.39, 0.29) is 0 Å². The average molecular weight is 217 g/mol. The lowest BCUT2D eigenvalue weighted by atomic mass is 9.94. The van der Waals surface area contributed by atoms with Crippen LogP contribution in [0.3, 0.4) is 0 Å². The Morgan fingerprint density at radius 1 is 1.21 bits per heavy atom. The van der Waals surface area contributed by atoms with Gasteiger partial charge in [-0.1, -0.05) is 25.7 Å². The van der Waals surface area contributed by atoms with Crippen LogP contribution in [0.15, 0.2) is 0 Å². The molecule has 0 amide bonds. The minimum atomic E-state index is -3.78. The van der Waals surface area contributed by atoms with Crippen molar-refractivity contribution in [1.82, 2.24) is 4.72 Å². The monoisotopic (exact) mass is 217 g/mol. The first-order valence-electron chi connectivity index (χ1n) is 4.70. The summed E-state index contributed by atoms with van der Waals surface area (Å²) in [7, 11) is -3.78. The number of nitrogens with two attached hydrogens (primary N) is 1. The minimum Gasteiger partial charge on any atom is -0.216 e. The van der Waals surface area contributed by atoms with Crippen molar-refractivity contribution in [1.29, 1.82) is 5.26 Å². The molecule has 0 atom stereocenters. The maximum Gasteiger partial charge on any atom is 0.275 e. The van der Waals surface area contributed by atoms with Gasteiger partial charge in [0.1, 0.15) is 5.54 Å². The molecular formula is C8H15N3O2S. The van der Waals surface area contributed by atoms with E-state index in [4.69, 9.17) is 10.4 Å². The molecule has 5 nitrogen and oxygen atoms in total. The van der Waals surface area contributed by atoms with Crippen LogP contribution in [0.4, 0.5) is 0 Å². The van der Waals surface area contributed by atoms with Crippen LogP contribution >= 0.6 is 0 Å². The molecule has 0 aromatic carbocycles. The van der Waals surface area contributed by atoms with Crippen LogP contribution in [0.5, 0.6) is 0 Å². The SMILES string of the molecule is N#CC1(NS(N)(=O)=O)CCCCCC1. The Kier molecular flexibility index (Phi) is 3.48. The molecule has 1 fully saturated rings. The molecule has 0 aliphatic heterocycles. The van der Waals surface area contributed by atoms with Crippen LogP contribution in [0, 0.1) is 11.3 Å². The third-order valence-electron chi connectivity index (χ3n) is 2.51. The second-order valence-corrected chi connectivity index (χ2v) is 5.05. The highest BCUT2D eigenvalue weighted by atomic mass is 32.2. The van der Waals surface area contributed by atoms with Gasteiger partial charge in [0.25, 0.3) is 10.2 Å². The highest BCUT2D eigenvalue weighted by molar-refractivity contribution is 7.87. The van der Waals surface area contributed by atoms with Crippen molar-refractivity contribution in [3.05, 3.63) is 0 Å².